The molecule has 1 aliphatic carbocycles. The molecule has 0 aromatic carbocycles. The molecule has 0 spiro atoms. The van der Waals surface area contributed by atoms with Crippen LogP contribution in [0.15, 0.2) is 0 Å². The third kappa shape index (κ3) is 3.19. The fraction of sp³-hybridized carbons (Fsp3) is 0.667. The molecule has 1 aromatic heterocycles. The Morgan fingerprint density at radius 1 is 1.56 bits per heavy atom. The maximum Gasteiger partial charge on any atom is 0.273 e. The van der Waals surface area contributed by atoms with E-state index in [4.69, 9.17) is 5.73 Å². The number of unbranched alkanes of at least 4 members (excludes halogenated alkanes) is 1. The molecular weight excluding hydrogens is 248 g/mol. The fourth-order valence-electron chi connectivity index (χ4n) is 1.88. The van der Waals surface area contributed by atoms with Crippen molar-refractivity contribution in [2.75, 3.05) is 24.3 Å². The Kier molecular flexibility index (Phi) is 4.52. The molecule has 1 saturated carbocycles. The van der Waals surface area contributed by atoms with Gasteiger partial charge in [0.15, 0.2) is 5.69 Å². The summed E-state index contributed by atoms with van der Waals surface area (Å²) in [5, 5.41) is 9.77. The quantitative estimate of drug-likeness (QED) is 0.658. The number of nitrogen functional groups attached to an aromatic ring is 1. The number of aromatic amines is 1. The van der Waals surface area contributed by atoms with Crippen molar-refractivity contribution in [2.45, 2.75) is 31.6 Å². The monoisotopic (exact) mass is 268 g/mol. The molecule has 0 radical (unpaired) electrons. The van der Waals surface area contributed by atoms with Crippen LogP contribution in [0.2, 0.25) is 0 Å². The van der Waals surface area contributed by atoms with Crippen LogP contribution < -0.4 is 11.1 Å². The Labute approximate surface area is 111 Å². The van der Waals surface area contributed by atoms with Crippen molar-refractivity contribution in [1.82, 2.24) is 15.5 Å². The smallest absolute Gasteiger partial charge is 0.273 e. The summed E-state index contributed by atoms with van der Waals surface area (Å²) < 4.78 is 0. The lowest BCUT2D eigenvalue weighted by atomic mass is 10.2. The number of amides is 1. The second kappa shape index (κ2) is 6.13. The number of aromatic nitrogens is 2. The zero-order chi connectivity index (χ0) is 13.0. The molecule has 2 rings (SSSR count). The van der Waals surface area contributed by atoms with Gasteiger partial charge in [-0.15, -0.1) is 0 Å². The molecule has 18 heavy (non-hydrogen) atoms. The van der Waals surface area contributed by atoms with Gasteiger partial charge in [0.2, 0.25) is 0 Å². The number of carbonyl (C=O) groups is 1. The summed E-state index contributed by atoms with van der Waals surface area (Å²) in [5.74, 6) is 1.45. The first-order valence-corrected chi connectivity index (χ1v) is 7.74. The molecule has 1 amide bonds. The molecular formula is C12H20N4OS. The second-order valence-corrected chi connectivity index (χ2v) is 5.62. The van der Waals surface area contributed by atoms with E-state index in [1.807, 2.05) is 11.8 Å². The number of H-pyrrole nitrogens is 1. The molecule has 0 aliphatic heterocycles. The molecule has 6 heteroatoms. The lowest BCUT2D eigenvalue weighted by Crippen LogP contribution is -2.25. The van der Waals surface area contributed by atoms with Gasteiger partial charge >= 0.3 is 0 Å². The Morgan fingerprint density at radius 2 is 2.33 bits per heavy atom. The van der Waals surface area contributed by atoms with E-state index in [9.17, 15) is 4.79 Å². The molecule has 1 fully saturated rings. The van der Waals surface area contributed by atoms with E-state index in [2.05, 4.69) is 21.8 Å². The van der Waals surface area contributed by atoms with Gasteiger partial charge in [-0.2, -0.15) is 16.9 Å². The maximum absolute atomic E-state index is 11.9. The highest BCUT2D eigenvalue weighted by Crippen LogP contribution is 2.42. The highest BCUT2D eigenvalue weighted by Gasteiger charge is 2.30. The summed E-state index contributed by atoms with van der Waals surface area (Å²) in [6.07, 6.45) is 6.48. The number of hydrogen-bond acceptors (Lipinski definition) is 4. The van der Waals surface area contributed by atoms with Crippen LogP contribution in [0.4, 0.5) is 5.69 Å². The SMILES string of the molecule is CSCCCCNC(=O)c1n[nH]c(C2CC2)c1N. The van der Waals surface area contributed by atoms with Crippen LogP contribution >= 0.6 is 11.8 Å². The van der Waals surface area contributed by atoms with Crippen molar-refractivity contribution < 1.29 is 4.79 Å². The summed E-state index contributed by atoms with van der Waals surface area (Å²) in [4.78, 5) is 11.9. The zero-order valence-electron chi connectivity index (χ0n) is 10.7. The van der Waals surface area contributed by atoms with Crippen LogP contribution in [0.1, 0.15) is 47.8 Å². The standard InChI is InChI=1S/C12H20N4OS/c1-18-7-3-2-6-14-12(17)11-9(13)10(15-16-11)8-4-5-8/h8H,2-7,13H2,1H3,(H,14,17)(H,15,16). The van der Waals surface area contributed by atoms with Crippen molar-refractivity contribution >= 4 is 23.4 Å². The molecule has 5 nitrogen and oxygen atoms in total. The van der Waals surface area contributed by atoms with Gasteiger partial charge in [0, 0.05) is 12.5 Å². The summed E-state index contributed by atoms with van der Waals surface area (Å²) >= 11 is 1.82. The average molecular weight is 268 g/mol. The van der Waals surface area contributed by atoms with Crippen molar-refractivity contribution in [1.29, 1.82) is 0 Å². The van der Waals surface area contributed by atoms with E-state index in [0.29, 0.717) is 23.8 Å². The molecule has 100 valence electrons. The summed E-state index contributed by atoms with van der Waals surface area (Å²) in [7, 11) is 0. The molecule has 4 N–H and O–H groups in total. The van der Waals surface area contributed by atoms with Crippen LogP contribution in [0, 0.1) is 0 Å². The Hall–Kier alpha value is -1.17. The lowest BCUT2D eigenvalue weighted by Gasteiger charge is -2.03. The number of nitrogens with one attached hydrogen (secondary N) is 2. The zero-order valence-corrected chi connectivity index (χ0v) is 11.5. The number of hydrogen-bond donors (Lipinski definition) is 3. The number of anilines is 1. The fourth-order valence-corrected chi connectivity index (χ4v) is 2.37. The number of rotatable bonds is 7. The largest absolute Gasteiger partial charge is 0.395 e. The molecule has 1 aromatic rings. The van der Waals surface area contributed by atoms with Crippen LogP contribution in [0.5, 0.6) is 0 Å². The minimum Gasteiger partial charge on any atom is -0.395 e. The first-order chi connectivity index (χ1) is 8.74. The summed E-state index contributed by atoms with van der Waals surface area (Å²) in [6.45, 7) is 0.685. The maximum atomic E-state index is 11.9. The van der Waals surface area contributed by atoms with Gasteiger partial charge in [-0.05, 0) is 37.7 Å². The number of nitrogens with zero attached hydrogens (tertiary/aromatic N) is 1. The molecule has 0 atom stereocenters. The van der Waals surface area contributed by atoms with Crippen molar-refractivity contribution in [3.05, 3.63) is 11.4 Å². The molecule has 1 aliphatic rings. The minimum absolute atomic E-state index is 0.167. The highest BCUT2D eigenvalue weighted by molar-refractivity contribution is 7.98. The van der Waals surface area contributed by atoms with E-state index in [1.165, 1.54) is 0 Å². The molecule has 0 saturated heterocycles. The Morgan fingerprint density at radius 3 is 3.00 bits per heavy atom. The Bertz CT molecular complexity index is 414. The van der Waals surface area contributed by atoms with Crippen molar-refractivity contribution in [3.8, 4) is 0 Å². The highest BCUT2D eigenvalue weighted by atomic mass is 32.2. The second-order valence-electron chi connectivity index (χ2n) is 4.63. The Balaban J connectivity index is 1.81. The summed E-state index contributed by atoms with van der Waals surface area (Å²) in [6, 6.07) is 0. The van der Waals surface area contributed by atoms with Crippen LogP contribution in [0.25, 0.3) is 0 Å². The first-order valence-electron chi connectivity index (χ1n) is 6.35. The van der Waals surface area contributed by atoms with E-state index < -0.39 is 0 Å². The average Bonchev–Trinajstić information content (AvgIpc) is 3.12. The van der Waals surface area contributed by atoms with Crippen molar-refractivity contribution in [3.63, 3.8) is 0 Å². The number of nitrogens with two attached hydrogens (primary N) is 1. The van der Waals surface area contributed by atoms with E-state index in [0.717, 1.165) is 37.1 Å². The van der Waals surface area contributed by atoms with Gasteiger partial charge < -0.3 is 11.1 Å². The molecule has 1 heterocycles. The normalized spacial score (nSPS) is 14.7. The van der Waals surface area contributed by atoms with Crippen LogP contribution in [-0.2, 0) is 0 Å². The number of carbonyl (C=O) groups excluding carboxylic acids is 1. The van der Waals surface area contributed by atoms with Gasteiger partial charge in [-0.25, -0.2) is 0 Å². The van der Waals surface area contributed by atoms with E-state index >= 15 is 0 Å². The van der Waals surface area contributed by atoms with E-state index in [-0.39, 0.29) is 5.91 Å². The predicted octanol–water partition coefficient (Wildman–Crippen LogP) is 1.74. The minimum atomic E-state index is -0.167. The van der Waals surface area contributed by atoms with Crippen molar-refractivity contribution in [2.24, 2.45) is 0 Å². The van der Waals surface area contributed by atoms with Gasteiger partial charge in [0.05, 0.1) is 11.4 Å². The topological polar surface area (TPSA) is 83.8 Å². The van der Waals surface area contributed by atoms with Crippen LogP contribution in [0.3, 0.4) is 0 Å². The third-order valence-corrected chi connectivity index (χ3v) is 3.79. The van der Waals surface area contributed by atoms with Gasteiger partial charge in [0.1, 0.15) is 0 Å². The molecule has 0 unspecified atom stereocenters. The predicted molar refractivity (Wildman–Crippen MR) is 74.9 cm³/mol. The van der Waals surface area contributed by atoms with Gasteiger partial charge in [0.25, 0.3) is 5.91 Å². The lowest BCUT2D eigenvalue weighted by molar-refractivity contribution is 0.0949. The van der Waals surface area contributed by atoms with Gasteiger partial charge in [-0.1, -0.05) is 0 Å². The van der Waals surface area contributed by atoms with Crippen LogP contribution in [-0.4, -0.2) is 34.7 Å². The molecule has 0 bridgehead atoms. The van der Waals surface area contributed by atoms with E-state index in [1.54, 1.807) is 0 Å². The summed E-state index contributed by atoms with van der Waals surface area (Å²) in [5.41, 5.74) is 7.75. The van der Waals surface area contributed by atoms with Gasteiger partial charge in [-0.3, -0.25) is 9.89 Å². The third-order valence-electron chi connectivity index (χ3n) is 3.09. The number of thioether (sulfide) groups is 1. The first kappa shape index (κ1) is 13.3.